The largest absolute Gasteiger partial charge is 0.466 e. The van der Waals surface area contributed by atoms with Crippen LogP contribution in [0.5, 0.6) is 0 Å². The average molecular weight is 496 g/mol. The number of hydrogen-bond acceptors (Lipinski definition) is 7. The van der Waals surface area contributed by atoms with Gasteiger partial charge >= 0.3 is 5.97 Å². The fourth-order valence-corrected chi connectivity index (χ4v) is 3.57. The molecule has 1 aliphatic heterocycles. The minimum absolute atomic E-state index is 0.0173. The molecule has 1 aliphatic rings. The van der Waals surface area contributed by atoms with Gasteiger partial charge in [-0.15, -0.1) is 0 Å². The second-order valence-corrected chi connectivity index (χ2v) is 7.29. The minimum atomic E-state index is -0.916. The Morgan fingerprint density at radius 2 is 2.03 bits per heavy atom. The molecule has 7 nitrogen and oxygen atoms in total. The number of aliphatic imine (C=N–C) groups is 1. The molecule has 0 saturated carbocycles. The van der Waals surface area contributed by atoms with E-state index in [1.807, 2.05) is 0 Å². The topological polar surface area (TPSA) is 82.0 Å². The molecule has 0 aliphatic carbocycles. The lowest BCUT2D eigenvalue weighted by molar-refractivity contribution is -0.136. The van der Waals surface area contributed by atoms with E-state index in [1.165, 1.54) is 50.7 Å². The number of carbonyl (C=O) groups is 1. The Morgan fingerprint density at radius 1 is 1.23 bits per heavy atom. The fraction of sp³-hybridized carbons (Fsp3) is 0.286. The number of ether oxygens (including phenoxy) is 3. The van der Waals surface area contributed by atoms with E-state index in [0.717, 1.165) is 0 Å². The standard InChI is InChI=1S/C21H20BrF2N3O4/c1-29-8-9-31-11-16-17(21(28)30-2)18(13-6-5-12(23)10-14(13)22)27-20(26-16)19-15(24)4-3-7-25-19/h3-7,10,18H,8-9,11H2,1-2H3,(H,26,27). The third-order valence-electron chi connectivity index (χ3n) is 4.45. The van der Waals surface area contributed by atoms with Gasteiger partial charge in [0.2, 0.25) is 0 Å². The highest BCUT2D eigenvalue weighted by atomic mass is 79.9. The van der Waals surface area contributed by atoms with E-state index in [-0.39, 0.29) is 30.3 Å². The molecule has 31 heavy (non-hydrogen) atoms. The Balaban J connectivity index is 2.12. The number of amidine groups is 1. The molecule has 2 aromatic rings. The number of rotatable bonds is 8. The van der Waals surface area contributed by atoms with Crippen LogP contribution in [0.25, 0.3) is 0 Å². The van der Waals surface area contributed by atoms with Crippen LogP contribution in [0.2, 0.25) is 0 Å². The summed E-state index contributed by atoms with van der Waals surface area (Å²) in [4.78, 5) is 21.3. The summed E-state index contributed by atoms with van der Waals surface area (Å²) < 4.78 is 44.0. The van der Waals surface area contributed by atoms with Gasteiger partial charge in [0, 0.05) is 17.8 Å². The van der Waals surface area contributed by atoms with Gasteiger partial charge in [0.25, 0.3) is 0 Å². The molecule has 1 N–H and O–H groups in total. The number of esters is 1. The number of carbonyl (C=O) groups excluding carboxylic acids is 1. The van der Waals surface area contributed by atoms with Crippen LogP contribution >= 0.6 is 15.9 Å². The maximum Gasteiger partial charge on any atom is 0.338 e. The summed E-state index contributed by atoms with van der Waals surface area (Å²) in [5.74, 6) is -1.59. The van der Waals surface area contributed by atoms with E-state index in [4.69, 9.17) is 14.2 Å². The van der Waals surface area contributed by atoms with Crippen molar-refractivity contribution in [2.45, 2.75) is 6.04 Å². The van der Waals surface area contributed by atoms with Gasteiger partial charge in [0.15, 0.2) is 11.7 Å². The highest BCUT2D eigenvalue weighted by molar-refractivity contribution is 9.10. The second-order valence-electron chi connectivity index (χ2n) is 6.43. The van der Waals surface area contributed by atoms with Crippen LogP contribution in [0.4, 0.5) is 8.78 Å². The molecule has 0 bridgehead atoms. The summed E-state index contributed by atoms with van der Waals surface area (Å²) in [6, 6.07) is 5.81. The van der Waals surface area contributed by atoms with Gasteiger partial charge in [0.1, 0.15) is 17.6 Å². The predicted octanol–water partition coefficient (Wildman–Crippen LogP) is 3.30. The molecule has 164 valence electrons. The Kier molecular flexibility index (Phi) is 7.83. The quantitative estimate of drug-likeness (QED) is 0.446. The Hall–Kier alpha value is -2.69. The van der Waals surface area contributed by atoms with Gasteiger partial charge in [-0.1, -0.05) is 22.0 Å². The van der Waals surface area contributed by atoms with Crippen molar-refractivity contribution in [3.63, 3.8) is 0 Å². The minimum Gasteiger partial charge on any atom is -0.466 e. The van der Waals surface area contributed by atoms with E-state index in [1.54, 1.807) is 0 Å². The first kappa shape index (κ1) is 23.0. The zero-order valence-corrected chi connectivity index (χ0v) is 18.4. The number of hydrogen-bond donors (Lipinski definition) is 1. The van der Waals surface area contributed by atoms with Crippen molar-refractivity contribution in [2.75, 3.05) is 34.0 Å². The monoisotopic (exact) mass is 495 g/mol. The molecule has 10 heteroatoms. The predicted molar refractivity (Wildman–Crippen MR) is 112 cm³/mol. The maximum atomic E-state index is 14.4. The number of benzene rings is 1. The van der Waals surface area contributed by atoms with Crippen LogP contribution in [-0.2, 0) is 19.0 Å². The second kappa shape index (κ2) is 10.6. The van der Waals surface area contributed by atoms with Crippen LogP contribution < -0.4 is 5.32 Å². The molecule has 0 radical (unpaired) electrons. The normalized spacial score (nSPS) is 16.0. The number of methoxy groups -OCH3 is 2. The SMILES string of the molecule is COCCOCC1=C(C(=O)OC)C(c2ccc(F)cc2Br)N=C(c2ncccc2F)N1. The van der Waals surface area contributed by atoms with Gasteiger partial charge in [-0.2, -0.15) is 0 Å². The summed E-state index contributed by atoms with van der Waals surface area (Å²) in [6.45, 7) is 0.603. The third kappa shape index (κ3) is 5.33. The molecule has 2 heterocycles. The zero-order chi connectivity index (χ0) is 22.4. The van der Waals surface area contributed by atoms with E-state index in [2.05, 4.69) is 31.2 Å². The van der Waals surface area contributed by atoms with E-state index < -0.39 is 23.6 Å². The lowest BCUT2D eigenvalue weighted by Gasteiger charge is -2.27. The Labute approximate surface area is 186 Å². The Morgan fingerprint density at radius 3 is 2.71 bits per heavy atom. The van der Waals surface area contributed by atoms with Crippen molar-refractivity contribution in [1.82, 2.24) is 10.3 Å². The van der Waals surface area contributed by atoms with Crippen molar-refractivity contribution >= 4 is 27.7 Å². The number of pyridine rings is 1. The molecule has 1 unspecified atom stereocenters. The van der Waals surface area contributed by atoms with Gasteiger partial charge in [0.05, 0.1) is 38.2 Å². The molecule has 0 spiro atoms. The van der Waals surface area contributed by atoms with Gasteiger partial charge in [-0.25, -0.2) is 18.6 Å². The molecular formula is C21H20BrF2N3O4. The number of nitrogens with one attached hydrogen (secondary N) is 1. The number of aromatic nitrogens is 1. The van der Waals surface area contributed by atoms with Crippen molar-refractivity contribution in [3.8, 4) is 0 Å². The van der Waals surface area contributed by atoms with E-state index in [9.17, 15) is 13.6 Å². The lowest BCUT2D eigenvalue weighted by Crippen LogP contribution is -2.36. The molecule has 3 rings (SSSR count). The average Bonchev–Trinajstić information content (AvgIpc) is 2.76. The van der Waals surface area contributed by atoms with Crippen molar-refractivity contribution in [3.05, 3.63) is 75.2 Å². The summed E-state index contributed by atoms with van der Waals surface area (Å²) in [6.07, 6.45) is 1.43. The van der Waals surface area contributed by atoms with Crippen LogP contribution in [0, 0.1) is 11.6 Å². The molecule has 0 amide bonds. The zero-order valence-electron chi connectivity index (χ0n) is 16.8. The van der Waals surface area contributed by atoms with Gasteiger partial charge < -0.3 is 19.5 Å². The van der Waals surface area contributed by atoms with Crippen LogP contribution in [0.1, 0.15) is 17.3 Å². The summed E-state index contributed by atoms with van der Waals surface area (Å²) in [7, 11) is 2.78. The first-order chi connectivity index (χ1) is 15.0. The highest BCUT2D eigenvalue weighted by Crippen LogP contribution is 2.36. The fourth-order valence-electron chi connectivity index (χ4n) is 3.00. The van der Waals surface area contributed by atoms with Gasteiger partial charge in [-0.05, 0) is 29.8 Å². The van der Waals surface area contributed by atoms with E-state index >= 15 is 0 Å². The molecule has 0 fully saturated rings. The highest BCUT2D eigenvalue weighted by Gasteiger charge is 2.34. The third-order valence-corrected chi connectivity index (χ3v) is 5.14. The molecule has 1 atom stereocenters. The smallest absolute Gasteiger partial charge is 0.338 e. The summed E-state index contributed by atoms with van der Waals surface area (Å²) >= 11 is 3.32. The van der Waals surface area contributed by atoms with E-state index in [0.29, 0.717) is 22.3 Å². The number of halogens is 3. The van der Waals surface area contributed by atoms with Crippen molar-refractivity contribution in [1.29, 1.82) is 0 Å². The molecule has 1 aromatic carbocycles. The summed E-state index contributed by atoms with van der Waals surface area (Å²) in [5.41, 5.74) is 0.960. The Bertz CT molecular complexity index is 1030. The molecular weight excluding hydrogens is 476 g/mol. The molecule has 1 aromatic heterocycles. The maximum absolute atomic E-state index is 14.4. The lowest BCUT2D eigenvalue weighted by atomic mass is 9.95. The van der Waals surface area contributed by atoms with Crippen LogP contribution in [-0.4, -0.2) is 50.8 Å². The van der Waals surface area contributed by atoms with Crippen molar-refractivity contribution < 1.29 is 27.8 Å². The van der Waals surface area contributed by atoms with Crippen LogP contribution in [0.3, 0.4) is 0 Å². The number of nitrogens with zero attached hydrogens (tertiary/aromatic N) is 2. The molecule has 0 saturated heterocycles. The van der Waals surface area contributed by atoms with Gasteiger partial charge in [-0.3, -0.25) is 4.99 Å². The van der Waals surface area contributed by atoms with Crippen molar-refractivity contribution in [2.24, 2.45) is 4.99 Å². The first-order valence-corrected chi connectivity index (χ1v) is 10.0. The summed E-state index contributed by atoms with van der Waals surface area (Å²) in [5, 5.41) is 2.95. The van der Waals surface area contributed by atoms with Crippen LogP contribution in [0.15, 0.2) is 57.3 Å². The first-order valence-electron chi connectivity index (χ1n) is 9.25.